The van der Waals surface area contributed by atoms with Gasteiger partial charge in [0.05, 0.1) is 6.10 Å². The van der Waals surface area contributed by atoms with Gasteiger partial charge in [-0.3, -0.25) is 9.69 Å². The Balaban J connectivity index is 1.52. The molecule has 120 valence electrons. The highest BCUT2D eigenvalue weighted by Crippen LogP contribution is 2.15. The maximum atomic E-state index is 12.4. The van der Waals surface area contributed by atoms with Crippen molar-refractivity contribution in [3.8, 4) is 0 Å². The number of hydrogen-bond acceptors (Lipinski definition) is 3. The smallest absolute Gasteiger partial charge is 0.253 e. The van der Waals surface area contributed by atoms with E-state index in [1.54, 1.807) is 0 Å². The quantitative estimate of drug-likeness (QED) is 0.941. The third-order valence-electron chi connectivity index (χ3n) is 4.30. The van der Waals surface area contributed by atoms with Crippen molar-refractivity contribution in [2.75, 3.05) is 32.7 Å². The molecule has 2 aromatic rings. The van der Waals surface area contributed by atoms with Gasteiger partial charge in [0.2, 0.25) is 0 Å². The Hall–Kier alpha value is -2.17. The normalized spacial score (nSPS) is 17.0. The molecule has 0 radical (unpaired) electrons. The Bertz CT molecular complexity index is 622. The average Bonchev–Trinajstić information content (AvgIpc) is 2.63. The highest BCUT2D eigenvalue weighted by Gasteiger charge is 2.23. The van der Waals surface area contributed by atoms with E-state index in [4.69, 9.17) is 0 Å². The number of rotatable bonds is 4. The number of piperazine rings is 1. The van der Waals surface area contributed by atoms with E-state index < -0.39 is 6.10 Å². The predicted molar refractivity (Wildman–Crippen MR) is 90.2 cm³/mol. The maximum Gasteiger partial charge on any atom is 0.253 e. The van der Waals surface area contributed by atoms with Gasteiger partial charge in [0, 0.05) is 38.3 Å². The first-order valence-corrected chi connectivity index (χ1v) is 8.04. The standard InChI is InChI=1S/C19H22N2O2/c22-18(16-7-3-1-4-8-16)15-20-11-13-21(14-12-20)19(23)17-9-5-2-6-10-17/h1-10,18,22H,11-15H2. The minimum atomic E-state index is -0.479. The number of benzene rings is 2. The Kier molecular flexibility index (Phi) is 5.05. The van der Waals surface area contributed by atoms with Crippen molar-refractivity contribution in [1.29, 1.82) is 0 Å². The van der Waals surface area contributed by atoms with Gasteiger partial charge in [-0.05, 0) is 17.7 Å². The lowest BCUT2D eigenvalue weighted by Crippen LogP contribution is -2.49. The van der Waals surface area contributed by atoms with Gasteiger partial charge >= 0.3 is 0 Å². The molecule has 0 aliphatic carbocycles. The van der Waals surface area contributed by atoms with Crippen molar-refractivity contribution in [2.24, 2.45) is 0 Å². The lowest BCUT2D eigenvalue weighted by atomic mass is 10.1. The fourth-order valence-electron chi connectivity index (χ4n) is 2.92. The van der Waals surface area contributed by atoms with Crippen LogP contribution >= 0.6 is 0 Å². The summed E-state index contributed by atoms with van der Waals surface area (Å²) >= 11 is 0. The fraction of sp³-hybridized carbons (Fsp3) is 0.316. The van der Waals surface area contributed by atoms with E-state index in [-0.39, 0.29) is 5.91 Å². The first kappa shape index (κ1) is 15.7. The number of aliphatic hydroxyl groups excluding tert-OH is 1. The van der Waals surface area contributed by atoms with Crippen molar-refractivity contribution in [3.63, 3.8) is 0 Å². The molecule has 1 aliphatic heterocycles. The molecule has 0 spiro atoms. The zero-order chi connectivity index (χ0) is 16.1. The molecule has 1 fully saturated rings. The summed E-state index contributed by atoms with van der Waals surface area (Å²) in [7, 11) is 0. The summed E-state index contributed by atoms with van der Waals surface area (Å²) in [5, 5.41) is 10.3. The predicted octanol–water partition coefficient (Wildman–Crippen LogP) is 2.18. The SMILES string of the molecule is O=C(c1ccccc1)N1CCN(CC(O)c2ccccc2)CC1. The van der Waals surface area contributed by atoms with Crippen LogP contribution in [0.2, 0.25) is 0 Å². The fourth-order valence-corrected chi connectivity index (χ4v) is 2.92. The maximum absolute atomic E-state index is 12.4. The van der Waals surface area contributed by atoms with E-state index in [2.05, 4.69) is 4.90 Å². The van der Waals surface area contributed by atoms with Crippen LogP contribution in [0.3, 0.4) is 0 Å². The molecule has 1 unspecified atom stereocenters. The number of aliphatic hydroxyl groups is 1. The van der Waals surface area contributed by atoms with Gasteiger partial charge in [-0.25, -0.2) is 0 Å². The number of amides is 1. The van der Waals surface area contributed by atoms with Crippen molar-refractivity contribution in [2.45, 2.75) is 6.10 Å². The lowest BCUT2D eigenvalue weighted by molar-refractivity contribution is 0.0527. The Morgan fingerprint density at radius 2 is 1.48 bits per heavy atom. The van der Waals surface area contributed by atoms with Crippen molar-refractivity contribution in [1.82, 2.24) is 9.80 Å². The molecule has 1 aliphatic rings. The van der Waals surface area contributed by atoms with Gasteiger partial charge in [0.1, 0.15) is 0 Å². The van der Waals surface area contributed by atoms with Gasteiger partial charge in [-0.15, -0.1) is 0 Å². The van der Waals surface area contributed by atoms with Crippen LogP contribution in [0.4, 0.5) is 0 Å². The third-order valence-corrected chi connectivity index (χ3v) is 4.30. The summed E-state index contributed by atoms with van der Waals surface area (Å²) in [6, 6.07) is 19.1. The molecule has 0 bridgehead atoms. The molecule has 1 atom stereocenters. The summed E-state index contributed by atoms with van der Waals surface area (Å²) in [5.74, 6) is 0.0915. The molecule has 4 heteroatoms. The van der Waals surface area contributed by atoms with E-state index in [9.17, 15) is 9.90 Å². The minimum absolute atomic E-state index is 0.0915. The molecule has 1 amide bonds. The Morgan fingerprint density at radius 1 is 0.913 bits per heavy atom. The van der Waals surface area contributed by atoms with Crippen LogP contribution in [0.25, 0.3) is 0 Å². The molecular weight excluding hydrogens is 288 g/mol. The van der Waals surface area contributed by atoms with Gasteiger partial charge in [-0.2, -0.15) is 0 Å². The molecule has 1 saturated heterocycles. The zero-order valence-electron chi connectivity index (χ0n) is 13.1. The van der Waals surface area contributed by atoms with E-state index in [1.807, 2.05) is 65.6 Å². The second-order valence-electron chi connectivity index (χ2n) is 5.89. The Morgan fingerprint density at radius 3 is 2.09 bits per heavy atom. The molecule has 0 aromatic heterocycles. The second-order valence-corrected chi connectivity index (χ2v) is 5.89. The zero-order valence-corrected chi connectivity index (χ0v) is 13.1. The highest BCUT2D eigenvalue weighted by atomic mass is 16.3. The summed E-state index contributed by atoms with van der Waals surface area (Å²) < 4.78 is 0. The van der Waals surface area contributed by atoms with Crippen LogP contribution in [0.1, 0.15) is 22.0 Å². The van der Waals surface area contributed by atoms with E-state index in [0.717, 1.165) is 24.2 Å². The number of nitrogens with zero attached hydrogens (tertiary/aromatic N) is 2. The second kappa shape index (κ2) is 7.40. The molecule has 23 heavy (non-hydrogen) atoms. The van der Waals surface area contributed by atoms with Crippen LogP contribution in [-0.2, 0) is 0 Å². The molecule has 3 rings (SSSR count). The molecule has 4 nitrogen and oxygen atoms in total. The van der Waals surface area contributed by atoms with Crippen LogP contribution < -0.4 is 0 Å². The number of carbonyl (C=O) groups excluding carboxylic acids is 1. The lowest BCUT2D eigenvalue weighted by Gasteiger charge is -2.35. The largest absolute Gasteiger partial charge is 0.387 e. The Labute approximate surface area is 137 Å². The number of β-amino-alcohol motifs (C(OH)–C–C–N with tert-alkyl or cyclic N) is 1. The average molecular weight is 310 g/mol. The third kappa shape index (κ3) is 3.97. The molecule has 0 saturated carbocycles. The van der Waals surface area contributed by atoms with E-state index in [0.29, 0.717) is 19.6 Å². The molecule has 1 N–H and O–H groups in total. The van der Waals surface area contributed by atoms with Crippen LogP contribution in [0.15, 0.2) is 60.7 Å². The molecule has 2 aromatic carbocycles. The van der Waals surface area contributed by atoms with Crippen molar-refractivity contribution in [3.05, 3.63) is 71.8 Å². The first-order chi connectivity index (χ1) is 11.2. The van der Waals surface area contributed by atoms with Crippen LogP contribution in [0.5, 0.6) is 0 Å². The highest BCUT2D eigenvalue weighted by molar-refractivity contribution is 5.94. The number of hydrogen-bond donors (Lipinski definition) is 1. The van der Waals surface area contributed by atoms with Crippen LogP contribution in [-0.4, -0.2) is 53.5 Å². The van der Waals surface area contributed by atoms with Gasteiger partial charge in [0.25, 0.3) is 5.91 Å². The van der Waals surface area contributed by atoms with E-state index >= 15 is 0 Å². The monoisotopic (exact) mass is 310 g/mol. The van der Waals surface area contributed by atoms with Crippen LogP contribution in [0, 0.1) is 0 Å². The van der Waals surface area contributed by atoms with Gasteiger partial charge in [-0.1, -0.05) is 48.5 Å². The summed E-state index contributed by atoms with van der Waals surface area (Å²) in [5.41, 5.74) is 1.68. The summed E-state index contributed by atoms with van der Waals surface area (Å²) in [4.78, 5) is 16.5. The summed E-state index contributed by atoms with van der Waals surface area (Å²) in [6.45, 7) is 3.60. The van der Waals surface area contributed by atoms with Gasteiger partial charge < -0.3 is 10.0 Å². The minimum Gasteiger partial charge on any atom is -0.387 e. The summed E-state index contributed by atoms with van der Waals surface area (Å²) in [6.07, 6.45) is -0.479. The van der Waals surface area contributed by atoms with Gasteiger partial charge in [0.15, 0.2) is 0 Å². The van der Waals surface area contributed by atoms with Crippen molar-refractivity contribution < 1.29 is 9.90 Å². The molecule has 1 heterocycles. The van der Waals surface area contributed by atoms with Crippen molar-refractivity contribution >= 4 is 5.91 Å². The van der Waals surface area contributed by atoms with E-state index in [1.165, 1.54) is 0 Å². The topological polar surface area (TPSA) is 43.8 Å². The number of carbonyl (C=O) groups is 1. The molecular formula is C19H22N2O2. The first-order valence-electron chi connectivity index (χ1n) is 8.04.